The van der Waals surface area contributed by atoms with Crippen molar-refractivity contribution in [2.45, 2.75) is 97.0 Å². The van der Waals surface area contributed by atoms with Crippen LogP contribution in [0.15, 0.2) is 103 Å². The first-order valence-electron chi connectivity index (χ1n) is 16.7. The molecule has 0 aromatic heterocycles. The van der Waals surface area contributed by atoms with Gasteiger partial charge in [0.05, 0.1) is 6.04 Å². The molecule has 1 aromatic rings. The van der Waals surface area contributed by atoms with E-state index in [1.807, 2.05) is 63.3 Å². The highest BCUT2D eigenvalue weighted by Gasteiger charge is 2.40. The number of cyclic esters (lactones) is 1. The number of aliphatic hydroxyl groups is 3. The summed E-state index contributed by atoms with van der Waals surface area (Å²) in [7, 11) is 3.26. The van der Waals surface area contributed by atoms with E-state index in [9.17, 15) is 29.4 Å². The van der Waals surface area contributed by atoms with Crippen LogP contribution in [0.2, 0.25) is 0 Å². The number of ether oxygens (including phenoxy) is 1. The Bertz CT molecular complexity index is 1350. The zero-order valence-corrected chi connectivity index (χ0v) is 30.7. The number of ketones is 1. The molecule has 1 aliphatic heterocycles. The summed E-state index contributed by atoms with van der Waals surface area (Å²) in [5.41, 5.74) is 4.27. The average molecular weight is 695 g/mol. The summed E-state index contributed by atoms with van der Waals surface area (Å²) >= 11 is 0. The Labute approximate surface area is 298 Å². The Kier molecular flexibility index (Phi) is 23.3. The van der Waals surface area contributed by atoms with Crippen molar-refractivity contribution >= 4 is 23.7 Å². The van der Waals surface area contributed by atoms with E-state index in [1.54, 1.807) is 38.4 Å². The highest BCUT2D eigenvalue weighted by atomic mass is 16.6. The summed E-state index contributed by atoms with van der Waals surface area (Å²) in [4.78, 5) is 48.7. The van der Waals surface area contributed by atoms with Crippen molar-refractivity contribution in [3.05, 3.63) is 109 Å². The lowest BCUT2D eigenvalue weighted by Crippen LogP contribution is -2.45. The normalized spacial score (nSPS) is 16.3. The number of likely N-dealkylation sites (N-methyl/N-ethyl adjacent to an activating group) is 1. The van der Waals surface area contributed by atoms with Crippen LogP contribution in [-0.2, 0) is 25.5 Å². The minimum absolute atomic E-state index is 0.150. The van der Waals surface area contributed by atoms with Gasteiger partial charge >= 0.3 is 6.09 Å². The van der Waals surface area contributed by atoms with Crippen LogP contribution in [0.1, 0.15) is 71.8 Å². The fourth-order valence-corrected chi connectivity index (χ4v) is 4.46. The lowest BCUT2D eigenvalue weighted by Gasteiger charge is -2.22. The monoisotopic (exact) mass is 694 g/mol. The van der Waals surface area contributed by atoms with Crippen molar-refractivity contribution in [2.75, 3.05) is 20.7 Å². The molecule has 50 heavy (non-hydrogen) atoms. The van der Waals surface area contributed by atoms with E-state index in [0.29, 0.717) is 25.7 Å². The molecule has 1 aromatic carbocycles. The van der Waals surface area contributed by atoms with Crippen LogP contribution in [0, 0.1) is 0 Å². The van der Waals surface area contributed by atoms with Gasteiger partial charge in [0.15, 0.2) is 5.78 Å². The van der Waals surface area contributed by atoms with Gasteiger partial charge in [-0.2, -0.15) is 0 Å². The Morgan fingerprint density at radius 3 is 1.66 bits per heavy atom. The van der Waals surface area contributed by atoms with Gasteiger partial charge in [0.25, 0.3) is 11.8 Å². The lowest BCUT2D eigenvalue weighted by molar-refractivity contribution is -0.138. The fraction of sp³-hybridized carbons (Fsp3) is 0.450. The molecule has 0 aliphatic carbocycles. The molecule has 1 aliphatic rings. The highest BCUT2D eigenvalue weighted by molar-refractivity contribution is 5.96. The van der Waals surface area contributed by atoms with E-state index in [2.05, 4.69) is 19.7 Å². The largest absolute Gasteiger partial charge is 0.447 e. The number of benzene rings is 1. The van der Waals surface area contributed by atoms with Crippen LogP contribution < -0.4 is 0 Å². The number of hydrogen-bond donors (Lipinski definition) is 3. The third kappa shape index (κ3) is 19.0. The van der Waals surface area contributed by atoms with Gasteiger partial charge in [-0.15, -0.1) is 19.7 Å². The molecule has 10 nitrogen and oxygen atoms in total. The van der Waals surface area contributed by atoms with Gasteiger partial charge in [-0.05, 0) is 65.4 Å². The molecule has 1 saturated heterocycles. The minimum Gasteiger partial charge on any atom is -0.447 e. The summed E-state index contributed by atoms with van der Waals surface area (Å²) in [6.45, 7) is 18.2. The number of hydrogen-bond acceptors (Lipinski definition) is 8. The molecule has 0 unspecified atom stereocenters. The Morgan fingerprint density at radius 1 is 0.800 bits per heavy atom. The second kappa shape index (κ2) is 25.6. The minimum atomic E-state index is -1.26. The summed E-state index contributed by atoms with van der Waals surface area (Å²) < 4.78 is 5.01. The van der Waals surface area contributed by atoms with Gasteiger partial charge in [-0.25, -0.2) is 9.69 Å². The maximum absolute atomic E-state index is 12.5. The van der Waals surface area contributed by atoms with Crippen molar-refractivity contribution in [1.29, 1.82) is 0 Å². The number of imide groups is 1. The number of carbonyl (C=O) groups excluding carboxylic acids is 4. The second-order valence-electron chi connectivity index (χ2n) is 12.4. The highest BCUT2D eigenvalue weighted by Crippen LogP contribution is 2.19. The van der Waals surface area contributed by atoms with E-state index in [-0.39, 0.29) is 30.8 Å². The average Bonchev–Trinajstić information content (AvgIpc) is 3.44. The first kappa shape index (κ1) is 45.6. The molecule has 0 spiro atoms. The van der Waals surface area contributed by atoms with Crippen LogP contribution >= 0.6 is 0 Å². The Hall–Kier alpha value is -4.38. The molecule has 1 fully saturated rings. The van der Waals surface area contributed by atoms with E-state index in [4.69, 9.17) is 9.84 Å². The smallest absolute Gasteiger partial charge is 0.417 e. The van der Waals surface area contributed by atoms with E-state index in [0.717, 1.165) is 40.0 Å². The zero-order valence-electron chi connectivity index (χ0n) is 30.7. The van der Waals surface area contributed by atoms with Crippen molar-refractivity contribution in [3.8, 4) is 0 Å². The predicted molar refractivity (Wildman–Crippen MR) is 199 cm³/mol. The number of carbonyl (C=O) groups is 4. The number of aliphatic hydroxyl groups excluding tert-OH is 3. The number of nitrogens with zero attached hydrogens (tertiary/aromatic N) is 2. The molecular formula is C40H58N2O8. The summed E-state index contributed by atoms with van der Waals surface area (Å²) in [6.07, 6.45) is 10.9. The quantitative estimate of drug-likeness (QED) is 0.167. The zero-order chi connectivity index (χ0) is 38.2. The number of amides is 3. The fourth-order valence-electron chi connectivity index (χ4n) is 4.46. The van der Waals surface area contributed by atoms with E-state index < -0.39 is 30.3 Å². The van der Waals surface area contributed by atoms with Crippen LogP contribution in [0.4, 0.5) is 4.79 Å². The first-order chi connectivity index (χ1) is 23.6. The number of rotatable bonds is 17. The van der Waals surface area contributed by atoms with Gasteiger partial charge in [-0.3, -0.25) is 14.4 Å². The standard InChI is InChI=1S/C19H23NO4.C11H19NO2.C10H16O2/c1-3-7-14(2)10-11-17(21)18(22)20-16(13-24-19(20)23)12-15-8-5-4-6-9-15;1-5-6-9(2)7-8-10(13)11(14)12(3)4;1-4-5-8(2)6-7-10(12)9(3)11/h3-6,8-10,16-17,21H,1,7,11-13H2,2H3;5,7,10,13H,1,6,8H2,2-4H3;4,6,10,12H,1,5,7H2,2-3H3/b14-10-;9-7-;8-6-/t16-,17+;2*10-/m100/s1. The van der Waals surface area contributed by atoms with Gasteiger partial charge in [0.1, 0.15) is 24.9 Å². The molecule has 276 valence electrons. The SMILES string of the molecule is C=CC/C(C)=C\C[C@H](O)C(=O)N(C)C.C=CC/C(C)=C\C[C@H](O)C(=O)N1C(=O)OC[C@H]1Cc1ccccc1.C=CC/C(C)=C\C[C@H](O)C(C)=O. The van der Waals surface area contributed by atoms with Crippen molar-refractivity contribution in [1.82, 2.24) is 9.80 Å². The molecule has 1 heterocycles. The molecule has 3 N–H and O–H groups in total. The van der Waals surface area contributed by atoms with Crippen LogP contribution in [0.25, 0.3) is 0 Å². The predicted octanol–water partition coefficient (Wildman–Crippen LogP) is 6.05. The molecule has 3 amide bonds. The second-order valence-corrected chi connectivity index (χ2v) is 12.4. The van der Waals surface area contributed by atoms with Crippen LogP contribution in [0.3, 0.4) is 0 Å². The van der Waals surface area contributed by atoms with Crippen molar-refractivity contribution < 1.29 is 39.2 Å². The molecular weight excluding hydrogens is 636 g/mol. The molecule has 0 radical (unpaired) electrons. The summed E-state index contributed by atoms with van der Waals surface area (Å²) in [5.74, 6) is -1.05. The van der Waals surface area contributed by atoms with Crippen molar-refractivity contribution in [2.24, 2.45) is 0 Å². The van der Waals surface area contributed by atoms with Crippen LogP contribution in [0.5, 0.6) is 0 Å². The molecule has 4 atom stereocenters. The third-order valence-corrected chi connectivity index (χ3v) is 7.46. The van der Waals surface area contributed by atoms with Gasteiger partial charge in [0.2, 0.25) is 0 Å². The van der Waals surface area contributed by atoms with Crippen LogP contribution in [-0.4, -0.2) is 93.9 Å². The Morgan fingerprint density at radius 2 is 1.24 bits per heavy atom. The molecule has 2 rings (SSSR count). The maximum Gasteiger partial charge on any atom is 0.417 e. The summed E-state index contributed by atoms with van der Waals surface area (Å²) in [6, 6.07) is 9.19. The van der Waals surface area contributed by atoms with Gasteiger partial charge in [-0.1, -0.05) is 83.5 Å². The number of Topliss-reactive ketones (excluding diaryl/α,β-unsaturated/α-hetero) is 1. The van der Waals surface area contributed by atoms with E-state index in [1.165, 1.54) is 11.8 Å². The van der Waals surface area contributed by atoms with E-state index >= 15 is 0 Å². The molecule has 0 bridgehead atoms. The van der Waals surface area contributed by atoms with Gasteiger partial charge < -0.3 is 25.0 Å². The molecule has 10 heteroatoms. The maximum atomic E-state index is 12.5. The van der Waals surface area contributed by atoms with Crippen molar-refractivity contribution in [3.63, 3.8) is 0 Å². The topological polar surface area (TPSA) is 145 Å². The summed E-state index contributed by atoms with van der Waals surface area (Å²) in [5, 5.41) is 28.7. The number of allylic oxidation sites excluding steroid dienone is 6. The third-order valence-electron chi connectivity index (χ3n) is 7.46. The molecule has 0 saturated carbocycles. The van der Waals surface area contributed by atoms with Gasteiger partial charge in [0, 0.05) is 26.9 Å². The first-order valence-corrected chi connectivity index (χ1v) is 16.7. The lowest BCUT2D eigenvalue weighted by atomic mass is 10.0. The Balaban J connectivity index is 0.000000790.